The summed E-state index contributed by atoms with van der Waals surface area (Å²) in [4.78, 5) is 19.1. The Morgan fingerprint density at radius 1 is 1.00 bits per heavy atom. The van der Waals surface area contributed by atoms with Crippen LogP contribution in [-0.4, -0.2) is 30.6 Å². The average molecular weight is 375 g/mol. The molecule has 1 amide bonds. The second-order valence-electron chi connectivity index (χ2n) is 6.29. The fraction of sp³-hybridized carbons (Fsp3) is 0.182. The van der Waals surface area contributed by atoms with Crippen molar-refractivity contribution in [3.8, 4) is 11.5 Å². The van der Waals surface area contributed by atoms with E-state index in [4.69, 9.17) is 9.47 Å². The summed E-state index contributed by atoms with van der Waals surface area (Å²) in [5, 5.41) is 2.88. The minimum absolute atomic E-state index is 0.275. The summed E-state index contributed by atoms with van der Waals surface area (Å²) in [5.41, 5.74) is 2.96. The van der Waals surface area contributed by atoms with E-state index in [9.17, 15) is 4.79 Å². The number of amides is 1. The molecule has 0 saturated heterocycles. The molecule has 2 heterocycles. The minimum atomic E-state index is -0.275. The van der Waals surface area contributed by atoms with Crippen LogP contribution < -0.4 is 19.7 Å². The van der Waals surface area contributed by atoms with Crippen molar-refractivity contribution in [2.75, 3.05) is 30.0 Å². The van der Waals surface area contributed by atoms with Crippen LogP contribution in [0.1, 0.15) is 17.4 Å². The summed E-state index contributed by atoms with van der Waals surface area (Å²) < 4.78 is 11.1. The first-order valence-electron chi connectivity index (χ1n) is 9.24. The standard InChI is InChI=1S/C22H21N3O3/c1-2-25(17-6-4-3-5-7-17)18-10-11-23-19(15-18)22(26)24-16-8-9-20-21(14-16)28-13-12-27-20/h3-11,14-15H,2,12-13H2,1H3,(H,24,26). The lowest BCUT2D eigenvalue weighted by molar-refractivity contribution is 0.102. The molecule has 0 fully saturated rings. The van der Waals surface area contributed by atoms with E-state index in [2.05, 4.69) is 22.1 Å². The lowest BCUT2D eigenvalue weighted by Gasteiger charge is -2.23. The lowest BCUT2D eigenvalue weighted by atomic mass is 10.2. The monoisotopic (exact) mass is 375 g/mol. The predicted octanol–water partition coefficient (Wildman–Crippen LogP) is 4.26. The summed E-state index contributed by atoms with van der Waals surface area (Å²) in [6, 6.07) is 19.1. The van der Waals surface area contributed by atoms with Crippen LogP contribution in [0.2, 0.25) is 0 Å². The number of para-hydroxylation sites is 1. The SMILES string of the molecule is CCN(c1ccccc1)c1ccnc(C(=O)Nc2ccc3c(c2)OCCO3)c1. The van der Waals surface area contributed by atoms with Gasteiger partial charge in [-0.25, -0.2) is 0 Å². The van der Waals surface area contributed by atoms with Crippen molar-refractivity contribution in [1.29, 1.82) is 0 Å². The number of rotatable bonds is 5. The zero-order valence-electron chi connectivity index (χ0n) is 15.6. The van der Waals surface area contributed by atoms with E-state index >= 15 is 0 Å². The second kappa shape index (κ2) is 8.00. The predicted molar refractivity (Wildman–Crippen MR) is 109 cm³/mol. The Balaban J connectivity index is 1.54. The number of pyridine rings is 1. The van der Waals surface area contributed by atoms with Gasteiger partial charge in [-0.3, -0.25) is 9.78 Å². The molecule has 2 aromatic carbocycles. The highest BCUT2D eigenvalue weighted by atomic mass is 16.6. The first-order chi connectivity index (χ1) is 13.7. The Kier molecular flexibility index (Phi) is 5.10. The molecule has 1 aliphatic heterocycles. The summed E-state index contributed by atoms with van der Waals surface area (Å²) in [7, 11) is 0. The Morgan fingerprint density at radius 2 is 1.79 bits per heavy atom. The molecule has 0 radical (unpaired) electrons. The number of carbonyl (C=O) groups excluding carboxylic acids is 1. The highest BCUT2D eigenvalue weighted by Gasteiger charge is 2.15. The second-order valence-corrected chi connectivity index (χ2v) is 6.29. The number of hydrogen-bond acceptors (Lipinski definition) is 5. The minimum Gasteiger partial charge on any atom is -0.486 e. The maximum absolute atomic E-state index is 12.7. The topological polar surface area (TPSA) is 63.7 Å². The zero-order chi connectivity index (χ0) is 19.3. The molecule has 3 aromatic rings. The van der Waals surface area contributed by atoms with Gasteiger partial charge in [0.2, 0.25) is 0 Å². The lowest BCUT2D eigenvalue weighted by Crippen LogP contribution is -2.19. The number of aromatic nitrogens is 1. The van der Waals surface area contributed by atoms with Crippen molar-refractivity contribution in [3.63, 3.8) is 0 Å². The molecule has 4 rings (SSSR count). The van der Waals surface area contributed by atoms with Gasteiger partial charge in [0.05, 0.1) is 0 Å². The van der Waals surface area contributed by atoms with E-state index in [0.29, 0.717) is 36.1 Å². The van der Waals surface area contributed by atoms with Crippen LogP contribution in [0.25, 0.3) is 0 Å². The molecular weight excluding hydrogens is 354 g/mol. The van der Waals surface area contributed by atoms with Crippen molar-refractivity contribution in [2.24, 2.45) is 0 Å². The molecule has 0 atom stereocenters. The third-order valence-corrected chi connectivity index (χ3v) is 4.47. The largest absolute Gasteiger partial charge is 0.486 e. The summed E-state index contributed by atoms with van der Waals surface area (Å²) in [6.07, 6.45) is 1.65. The summed E-state index contributed by atoms with van der Waals surface area (Å²) in [6.45, 7) is 3.88. The van der Waals surface area contributed by atoms with Gasteiger partial charge >= 0.3 is 0 Å². The number of ether oxygens (including phenoxy) is 2. The van der Waals surface area contributed by atoms with Gasteiger partial charge in [0.25, 0.3) is 5.91 Å². The summed E-state index contributed by atoms with van der Waals surface area (Å²) in [5.74, 6) is 1.04. The number of carbonyl (C=O) groups is 1. The molecule has 0 aliphatic carbocycles. The molecular formula is C22H21N3O3. The molecule has 28 heavy (non-hydrogen) atoms. The number of benzene rings is 2. The van der Waals surface area contributed by atoms with Crippen molar-refractivity contribution < 1.29 is 14.3 Å². The van der Waals surface area contributed by atoms with Crippen LogP contribution in [0.3, 0.4) is 0 Å². The molecule has 0 saturated carbocycles. The molecule has 6 nitrogen and oxygen atoms in total. The number of nitrogens with one attached hydrogen (secondary N) is 1. The van der Waals surface area contributed by atoms with Gasteiger partial charge in [0, 0.05) is 35.9 Å². The third kappa shape index (κ3) is 3.76. The summed E-state index contributed by atoms with van der Waals surface area (Å²) >= 11 is 0. The van der Waals surface area contributed by atoms with Crippen molar-refractivity contribution in [1.82, 2.24) is 4.98 Å². The van der Waals surface area contributed by atoms with Crippen molar-refractivity contribution in [2.45, 2.75) is 6.92 Å². The van der Waals surface area contributed by atoms with Crippen LogP contribution >= 0.6 is 0 Å². The van der Waals surface area contributed by atoms with E-state index < -0.39 is 0 Å². The molecule has 0 bridgehead atoms. The highest BCUT2D eigenvalue weighted by molar-refractivity contribution is 6.03. The number of fused-ring (bicyclic) bond motifs is 1. The van der Waals surface area contributed by atoms with Crippen molar-refractivity contribution >= 4 is 23.0 Å². The third-order valence-electron chi connectivity index (χ3n) is 4.47. The Bertz CT molecular complexity index is 976. The van der Waals surface area contributed by atoms with Gasteiger partial charge in [0.15, 0.2) is 11.5 Å². The van der Waals surface area contributed by atoms with Crippen LogP contribution in [0.5, 0.6) is 11.5 Å². The highest BCUT2D eigenvalue weighted by Crippen LogP contribution is 2.33. The maximum atomic E-state index is 12.7. The Morgan fingerprint density at radius 3 is 2.57 bits per heavy atom. The fourth-order valence-electron chi connectivity index (χ4n) is 3.15. The quantitative estimate of drug-likeness (QED) is 0.722. The van der Waals surface area contributed by atoms with Crippen LogP contribution in [0, 0.1) is 0 Å². The first kappa shape index (κ1) is 17.9. The fourth-order valence-corrected chi connectivity index (χ4v) is 3.15. The smallest absolute Gasteiger partial charge is 0.274 e. The average Bonchev–Trinajstić information content (AvgIpc) is 2.75. The van der Waals surface area contributed by atoms with Crippen molar-refractivity contribution in [3.05, 3.63) is 72.6 Å². The van der Waals surface area contributed by atoms with Gasteiger partial charge in [-0.05, 0) is 43.3 Å². The molecule has 0 unspecified atom stereocenters. The normalized spacial score (nSPS) is 12.3. The molecule has 1 aromatic heterocycles. The van der Waals surface area contributed by atoms with Gasteiger partial charge in [-0.2, -0.15) is 0 Å². The van der Waals surface area contributed by atoms with Crippen LogP contribution in [0.15, 0.2) is 66.9 Å². The Hall–Kier alpha value is -3.54. The molecule has 142 valence electrons. The van der Waals surface area contributed by atoms with Gasteiger partial charge in [-0.15, -0.1) is 0 Å². The van der Waals surface area contributed by atoms with E-state index in [1.54, 1.807) is 30.5 Å². The molecule has 1 N–H and O–H groups in total. The van der Waals surface area contributed by atoms with Gasteiger partial charge in [-0.1, -0.05) is 18.2 Å². The molecule has 1 aliphatic rings. The van der Waals surface area contributed by atoms with Gasteiger partial charge < -0.3 is 19.7 Å². The first-order valence-corrected chi connectivity index (χ1v) is 9.24. The number of nitrogens with zero attached hydrogens (tertiary/aromatic N) is 2. The molecule has 6 heteroatoms. The maximum Gasteiger partial charge on any atom is 0.274 e. The van der Waals surface area contributed by atoms with E-state index in [1.165, 1.54) is 0 Å². The molecule has 0 spiro atoms. The van der Waals surface area contributed by atoms with Crippen LogP contribution in [-0.2, 0) is 0 Å². The van der Waals surface area contributed by atoms with E-state index in [-0.39, 0.29) is 5.91 Å². The van der Waals surface area contributed by atoms with E-state index in [1.807, 2.05) is 36.4 Å². The van der Waals surface area contributed by atoms with Crippen LogP contribution in [0.4, 0.5) is 17.1 Å². The number of hydrogen-bond donors (Lipinski definition) is 1. The van der Waals surface area contributed by atoms with Gasteiger partial charge in [0.1, 0.15) is 18.9 Å². The number of anilines is 3. The Labute approximate surface area is 163 Å². The zero-order valence-corrected chi connectivity index (χ0v) is 15.6. The van der Waals surface area contributed by atoms with E-state index in [0.717, 1.165) is 17.9 Å².